The Labute approximate surface area is 502 Å². The Bertz CT molecular complexity index is 2750. The number of hydrogen-bond donors (Lipinski definition) is 10. The van der Waals surface area contributed by atoms with Gasteiger partial charge in [-0.3, -0.25) is 28.9 Å². The molecule has 3 heterocycles. The van der Waals surface area contributed by atoms with Crippen LogP contribution in [0.5, 0.6) is 5.75 Å². The number of phenols is 1. The molecule has 23 atom stereocenters. The number of esters is 1. The summed E-state index contributed by atoms with van der Waals surface area (Å²) in [6.45, 7) is 18.4. The van der Waals surface area contributed by atoms with Crippen molar-refractivity contribution in [2.75, 3.05) is 42.4 Å². The molecule has 25 heteroatoms. The number of aliphatic hydroxyl groups excluding tert-OH is 5. The normalized spacial score (nSPS) is 43.1. The van der Waals surface area contributed by atoms with Gasteiger partial charge >= 0.3 is 5.97 Å². The van der Waals surface area contributed by atoms with E-state index in [4.69, 9.17) is 50.5 Å². The number of ketones is 3. The first kappa shape index (κ1) is 69.9. The number of rotatable bonds is 10. The number of nitrogens with zero attached hydrogens (tertiary/aromatic N) is 2. The second kappa shape index (κ2) is 25.7. The number of carbonyl (C=O) groups excluding carboxylic acids is 5. The molecule has 24 nitrogen and oxygen atoms in total. The fourth-order valence-electron chi connectivity index (χ4n) is 14.2. The molecule has 0 spiro atoms. The number of primary amides is 1. The molecule has 0 radical (unpaired) electrons. The fraction of sp³-hybridized carbons (Fsp3) is 0.750. The van der Waals surface area contributed by atoms with Crippen molar-refractivity contribution >= 4 is 40.8 Å². The minimum atomic E-state index is -2.78. The van der Waals surface area contributed by atoms with E-state index in [-0.39, 0.29) is 59.8 Å². The van der Waals surface area contributed by atoms with Gasteiger partial charge in [-0.2, -0.15) is 0 Å². The zero-order chi connectivity index (χ0) is 64.5. The lowest BCUT2D eigenvalue weighted by atomic mass is 9.55. The number of likely N-dealkylation sites (N-methyl/N-ethyl adjacent to an activating group) is 2. The number of benzene rings is 1. The summed E-state index contributed by atoms with van der Waals surface area (Å²) in [4.78, 5) is 70.1. The lowest BCUT2D eigenvalue weighted by Crippen LogP contribution is -2.65. The largest absolute Gasteiger partial charge is 0.510 e. The Hall–Kier alpha value is -4.22. The Morgan fingerprint density at radius 1 is 0.812 bits per heavy atom. The Kier molecular flexibility index (Phi) is 21.1. The predicted molar refractivity (Wildman–Crippen MR) is 306 cm³/mol. The van der Waals surface area contributed by atoms with Gasteiger partial charge in [0.15, 0.2) is 24.0 Å². The summed E-state index contributed by atoms with van der Waals surface area (Å²) in [6.07, 6.45) is -8.99. The van der Waals surface area contributed by atoms with Gasteiger partial charge in [-0.15, -0.1) is 0 Å². The number of amides is 1. The third kappa shape index (κ3) is 12.5. The second-order valence-corrected chi connectivity index (χ2v) is 26.1. The minimum Gasteiger partial charge on any atom is -0.510 e. The number of carbonyl (C=O) groups is 5. The fourth-order valence-corrected chi connectivity index (χ4v) is 14.5. The second-order valence-electron chi connectivity index (χ2n) is 25.7. The molecule has 1 aromatic rings. The summed E-state index contributed by atoms with van der Waals surface area (Å²) in [5.41, 5.74) is -5.45. The van der Waals surface area contributed by atoms with Crippen LogP contribution >= 0.6 is 11.6 Å². The molecule has 7 rings (SSSR count). The van der Waals surface area contributed by atoms with Crippen molar-refractivity contribution in [3.05, 3.63) is 50.9 Å². The third-order valence-electron chi connectivity index (χ3n) is 19.3. The molecule has 3 saturated heterocycles. The predicted octanol–water partition coefficient (Wildman–Crippen LogP) is 2.88. The number of cyclic esters (lactones) is 1. The standard InChI is InChI=1S/C38H69NO13.C22H23ClN2O8/c1-15-26-38(10,45)31(42)21(4)28(40)19(2)17-37(9,47-14)33(52-35-29(41)25(39(11)12)16-20(3)48-35)22(5)30(23(6)34(44)50-26)51-27-18-36(8,46-13)32(43)24(7)49-27;1-21(32)7-6-8-15(25(2)3)17(28)13(20(24)31)19(30)22(8,33)18(29)11(7)16(27)12-10(26)5-4-9(23)14(12)21/h19-27,29-33,35,41-43,45H,15-18H2,1-14H3;4-5,7-8,15,26,28-29,32-33H,6H2,1-3H3,(H2,24,31)/t19-,20-,21+,22+,23-,24+,25+,26-,27+,29-,30+,31-,32+,33-,35+,36-,37-,38-;7-,8-,15-,21-,22-/m10/s1. The number of aliphatic hydroxyl groups is 8. The van der Waals surface area contributed by atoms with E-state index in [0.717, 1.165) is 6.07 Å². The highest BCUT2D eigenvalue weighted by atomic mass is 35.5. The van der Waals surface area contributed by atoms with E-state index in [2.05, 4.69) is 0 Å². The highest BCUT2D eigenvalue weighted by Crippen LogP contribution is 2.58. The number of nitrogens with two attached hydrogens (primary N) is 1. The van der Waals surface area contributed by atoms with Crippen LogP contribution in [0.15, 0.2) is 34.8 Å². The first-order valence-electron chi connectivity index (χ1n) is 29.0. The molecule has 1 amide bonds. The summed E-state index contributed by atoms with van der Waals surface area (Å²) in [5, 5.41) is 101. The van der Waals surface area contributed by atoms with E-state index in [1.165, 1.54) is 53.1 Å². The van der Waals surface area contributed by atoms with Gasteiger partial charge in [0.2, 0.25) is 5.78 Å². The molecule has 3 aliphatic carbocycles. The van der Waals surface area contributed by atoms with Crippen LogP contribution < -0.4 is 5.73 Å². The van der Waals surface area contributed by atoms with E-state index in [0.29, 0.717) is 6.42 Å². The molecule has 0 unspecified atom stereocenters. The number of phenolic OH excluding ortho intramolecular Hbond substituents is 1. The first-order chi connectivity index (χ1) is 39.2. The molecule has 6 aliphatic rings. The molecule has 3 fully saturated rings. The quantitative estimate of drug-likeness (QED) is 0.119. The van der Waals surface area contributed by atoms with Crippen LogP contribution in [-0.2, 0) is 57.9 Å². The zero-order valence-corrected chi connectivity index (χ0v) is 52.6. The van der Waals surface area contributed by atoms with Crippen molar-refractivity contribution in [3.63, 3.8) is 0 Å². The van der Waals surface area contributed by atoms with Gasteiger partial charge in [-0.1, -0.05) is 39.3 Å². The van der Waals surface area contributed by atoms with Crippen LogP contribution in [-0.4, -0.2) is 223 Å². The molecule has 0 aromatic heterocycles. The highest BCUT2D eigenvalue weighted by molar-refractivity contribution is 6.33. The van der Waals surface area contributed by atoms with Crippen molar-refractivity contribution in [2.24, 2.45) is 41.2 Å². The van der Waals surface area contributed by atoms with Gasteiger partial charge in [0.1, 0.15) is 52.5 Å². The number of fused-ring (bicyclic) bond motifs is 3. The van der Waals surface area contributed by atoms with Crippen LogP contribution in [0.1, 0.15) is 124 Å². The van der Waals surface area contributed by atoms with Crippen LogP contribution in [0.25, 0.3) is 0 Å². The molecule has 0 saturated carbocycles. The Morgan fingerprint density at radius 3 is 1.95 bits per heavy atom. The van der Waals surface area contributed by atoms with Gasteiger partial charge in [0.25, 0.3) is 5.91 Å². The summed E-state index contributed by atoms with van der Waals surface area (Å²) in [6, 6.07) is 1.01. The zero-order valence-electron chi connectivity index (χ0n) is 51.9. The number of methoxy groups -OCH3 is 2. The smallest absolute Gasteiger partial charge is 0.311 e. The summed E-state index contributed by atoms with van der Waals surface area (Å²) < 4.78 is 43.9. The molecular weight excluding hydrogens is 1130 g/mol. The summed E-state index contributed by atoms with van der Waals surface area (Å²) in [7, 11) is 9.79. The summed E-state index contributed by atoms with van der Waals surface area (Å²) in [5.74, 6) is -12.8. The monoisotopic (exact) mass is 1230 g/mol. The number of Topliss-reactive ketones (excluding diaryl/α,β-unsaturated/α-hetero) is 3. The maximum Gasteiger partial charge on any atom is 0.311 e. The van der Waals surface area contributed by atoms with Crippen LogP contribution in [0, 0.1) is 35.5 Å². The van der Waals surface area contributed by atoms with Gasteiger partial charge in [0, 0.05) is 72.4 Å². The van der Waals surface area contributed by atoms with Crippen molar-refractivity contribution in [2.45, 2.75) is 210 Å². The van der Waals surface area contributed by atoms with Crippen molar-refractivity contribution in [1.29, 1.82) is 0 Å². The lowest BCUT2D eigenvalue weighted by Gasteiger charge is -2.52. The van der Waals surface area contributed by atoms with E-state index in [1.54, 1.807) is 48.5 Å². The Balaban J connectivity index is 0.000000299. The molecule has 3 aliphatic heterocycles. The summed E-state index contributed by atoms with van der Waals surface area (Å²) >= 11 is 6.26. The van der Waals surface area contributed by atoms with Crippen LogP contribution in [0.3, 0.4) is 0 Å². The maximum atomic E-state index is 14.2. The van der Waals surface area contributed by atoms with E-state index in [1.807, 2.05) is 32.8 Å². The van der Waals surface area contributed by atoms with Crippen molar-refractivity contribution < 1.29 is 103 Å². The molecule has 1 aromatic carbocycles. The average Bonchev–Trinajstić information content (AvgIpc) is 0.863. The van der Waals surface area contributed by atoms with Gasteiger partial charge in [-0.05, 0) is 114 Å². The van der Waals surface area contributed by atoms with Gasteiger partial charge < -0.3 is 89.8 Å². The van der Waals surface area contributed by atoms with E-state index < -0.39 is 177 Å². The molecule has 11 N–H and O–H groups in total. The van der Waals surface area contributed by atoms with Crippen LogP contribution in [0.2, 0.25) is 5.02 Å². The number of halogens is 1. The highest BCUT2D eigenvalue weighted by Gasteiger charge is 2.66. The van der Waals surface area contributed by atoms with E-state index >= 15 is 0 Å². The number of ether oxygens (including phenoxy) is 7. The van der Waals surface area contributed by atoms with Gasteiger partial charge in [0.05, 0.1) is 64.8 Å². The minimum absolute atomic E-state index is 0.00293. The van der Waals surface area contributed by atoms with Crippen molar-refractivity contribution in [3.8, 4) is 5.75 Å². The number of hydrogen-bond acceptors (Lipinski definition) is 23. The van der Waals surface area contributed by atoms with Gasteiger partial charge in [-0.25, -0.2) is 0 Å². The van der Waals surface area contributed by atoms with Crippen molar-refractivity contribution in [1.82, 2.24) is 9.80 Å². The topological polar surface area (TPSA) is 365 Å². The third-order valence-corrected chi connectivity index (χ3v) is 19.7. The molecule has 0 bridgehead atoms. The van der Waals surface area contributed by atoms with E-state index in [9.17, 15) is 69.9 Å². The number of aromatic hydroxyl groups is 1. The maximum absolute atomic E-state index is 14.2. The first-order valence-corrected chi connectivity index (χ1v) is 29.3. The molecule has 85 heavy (non-hydrogen) atoms. The average molecular weight is 1230 g/mol. The SMILES string of the molecule is CC[C@H]1OC(=O)[C@H](C)[C@@H](O[C@H]2C[C@@](C)(OC)[C@@H](O)[C@H](C)O2)[C@H](C)[C@@H](O[C@@H]2O[C@H](C)C[C@H](N(C)C)[C@H]2O)[C@](C)(OC)C[C@@H](C)C(=O)[C@H](C)[C@@H](O)[C@]1(C)O.CN(C)[C@@H]1C(O)=C(C(N)=O)C(=O)[C@@]2(O)C(O)=C3C(=O)c4c(O)ccc(Cl)c4[C@@](C)(O)[C@H]3C[C@@H]12. The van der Waals surface area contributed by atoms with Crippen LogP contribution in [0.4, 0.5) is 0 Å². The molecular formula is C60H92ClN3O21. The Morgan fingerprint density at radius 2 is 1.41 bits per heavy atom. The molecule has 480 valence electrons. The lowest BCUT2D eigenvalue weighted by molar-refractivity contribution is -0.319.